The third-order valence-electron chi connectivity index (χ3n) is 3.78. The van der Waals surface area contributed by atoms with E-state index in [1.54, 1.807) is 26.0 Å². The van der Waals surface area contributed by atoms with E-state index >= 15 is 0 Å². The van der Waals surface area contributed by atoms with Crippen LogP contribution in [0.5, 0.6) is 0 Å². The van der Waals surface area contributed by atoms with E-state index in [0.29, 0.717) is 13.0 Å². The van der Waals surface area contributed by atoms with Crippen LogP contribution < -0.4 is 0 Å². The summed E-state index contributed by atoms with van der Waals surface area (Å²) in [5.74, 6) is -0.942. The van der Waals surface area contributed by atoms with E-state index in [1.807, 2.05) is 0 Å². The minimum absolute atomic E-state index is 0.0254. The van der Waals surface area contributed by atoms with Crippen molar-refractivity contribution in [2.75, 3.05) is 24.7 Å². The van der Waals surface area contributed by atoms with Gasteiger partial charge in [0.1, 0.15) is 0 Å². The van der Waals surface area contributed by atoms with Gasteiger partial charge in [0.25, 0.3) is 5.91 Å². The maximum atomic E-state index is 12.2. The summed E-state index contributed by atoms with van der Waals surface area (Å²) < 4.78 is 28.1. The van der Waals surface area contributed by atoms with Crippen LogP contribution in [0.1, 0.15) is 29.4 Å². The molecule has 1 aliphatic heterocycles. The summed E-state index contributed by atoms with van der Waals surface area (Å²) in [4.78, 5) is 29.5. The Hall–Kier alpha value is -1.96. The first kappa shape index (κ1) is 17.4. The van der Waals surface area contributed by atoms with Crippen LogP contribution in [0.25, 0.3) is 0 Å². The van der Waals surface area contributed by atoms with Crippen molar-refractivity contribution in [3.8, 4) is 0 Å². The minimum atomic E-state index is -3.07. The number of carbonyl (C=O) groups excluding carboxylic acids is 2. The summed E-state index contributed by atoms with van der Waals surface area (Å²) in [7, 11) is -3.07. The van der Waals surface area contributed by atoms with Crippen LogP contribution in [0.2, 0.25) is 0 Å². The fourth-order valence-corrected chi connectivity index (χ4v) is 4.27. The molecule has 23 heavy (non-hydrogen) atoms. The molecule has 0 spiro atoms. The summed E-state index contributed by atoms with van der Waals surface area (Å²) in [6, 6.07) is 2.92. The fraction of sp³-hybridized carbons (Fsp3) is 0.533. The van der Waals surface area contributed by atoms with Gasteiger partial charge in [-0.3, -0.25) is 9.78 Å². The molecule has 0 bridgehead atoms. The molecule has 0 saturated carbocycles. The van der Waals surface area contributed by atoms with Gasteiger partial charge < -0.3 is 9.64 Å². The highest BCUT2D eigenvalue weighted by Crippen LogP contribution is 2.18. The number of hydrogen-bond acceptors (Lipinski definition) is 6. The maximum Gasteiger partial charge on any atom is 0.340 e. The van der Waals surface area contributed by atoms with Crippen LogP contribution in [-0.2, 0) is 19.4 Å². The Bertz CT molecular complexity index is 684. The summed E-state index contributed by atoms with van der Waals surface area (Å²) in [6.45, 7) is 3.54. The highest BCUT2D eigenvalue weighted by molar-refractivity contribution is 7.91. The lowest BCUT2D eigenvalue weighted by atomic mass is 10.2. The van der Waals surface area contributed by atoms with Crippen molar-refractivity contribution >= 4 is 21.7 Å². The fourth-order valence-electron chi connectivity index (χ4n) is 2.54. The molecule has 0 aromatic carbocycles. The topological polar surface area (TPSA) is 93.6 Å². The standard InChI is InChI=1S/C15H20N2O5S/c1-3-17(13-6-7-23(20,21)10-13)14(18)9-22-15(19)12-5-4-11(2)16-8-12/h4-5,8,13H,3,6-7,9-10H2,1-2H3. The van der Waals surface area contributed by atoms with Crippen LogP contribution in [0.3, 0.4) is 0 Å². The number of sulfone groups is 1. The summed E-state index contributed by atoms with van der Waals surface area (Å²) in [5, 5.41) is 0. The van der Waals surface area contributed by atoms with Crippen molar-refractivity contribution in [2.24, 2.45) is 0 Å². The van der Waals surface area contributed by atoms with Crippen molar-refractivity contribution in [2.45, 2.75) is 26.3 Å². The molecule has 1 unspecified atom stereocenters. The molecule has 0 N–H and O–H groups in total. The van der Waals surface area contributed by atoms with E-state index < -0.39 is 22.4 Å². The Balaban J connectivity index is 1.92. The zero-order chi connectivity index (χ0) is 17.0. The van der Waals surface area contributed by atoms with Gasteiger partial charge in [-0.25, -0.2) is 13.2 Å². The normalized spacial score (nSPS) is 19.3. The molecular weight excluding hydrogens is 320 g/mol. The smallest absolute Gasteiger partial charge is 0.340 e. The lowest BCUT2D eigenvalue weighted by Crippen LogP contribution is -2.43. The van der Waals surface area contributed by atoms with E-state index in [9.17, 15) is 18.0 Å². The molecule has 1 aromatic rings. The molecule has 1 amide bonds. The predicted octanol–water partition coefficient (Wildman–Crippen LogP) is 0.582. The molecule has 8 heteroatoms. The molecule has 2 heterocycles. The number of hydrogen-bond donors (Lipinski definition) is 0. The number of ether oxygens (including phenoxy) is 1. The number of pyridine rings is 1. The number of aromatic nitrogens is 1. The largest absolute Gasteiger partial charge is 0.452 e. The van der Waals surface area contributed by atoms with E-state index in [0.717, 1.165) is 5.69 Å². The highest BCUT2D eigenvalue weighted by atomic mass is 32.2. The van der Waals surface area contributed by atoms with Crippen molar-refractivity contribution < 1.29 is 22.7 Å². The number of amides is 1. The SMILES string of the molecule is CCN(C(=O)COC(=O)c1ccc(C)nc1)C1CCS(=O)(=O)C1. The molecule has 7 nitrogen and oxygen atoms in total. The number of esters is 1. The summed E-state index contributed by atoms with van der Waals surface area (Å²) >= 11 is 0. The number of aryl methyl sites for hydroxylation is 1. The van der Waals surface area contributed by atoms with Gasteiger partial charge >= 0.3 is 5.97 Å². The molecular formula is C15H20N2O5S. The Kier molecular flexibility index (Phi) is 5.35. The molecule has 1 aromatic heterocycles. The van der Waals surface area contributed by atoms with Crippen LogP contribution >= 0.6 is 0 Å². The molecule has 1 aliphatic rings. The molecule has 1 saturated heterocycles. The first-order valence-electron chi connectivity index (χ1n) is 7.42. The van der Waals surface area contributed by atoms with E-state index in [-0.39, 0.29) is 29.0 Å². The van der Waals surface area contributed by atoms with Gasteiger partial charge in [-0.1, -0.05) is 0 Å². The van der Waals surface area contributed by atoms with Crippen molar-refractivity contribution in [1.29, 1.82) is 0 Å². The molecule has 2 rings (SSSR count). The van der Waals surface area contributed by atoms with Gasteiger partial charge in [-0.2, -0.15) is 0 Å². The quantitative estimate of drug-likeness (QED) is 0.728. The summed E-state index contributed by atoms with van der Waals surface area (Å²) in [6.07, 6.45) is 1.82. The Morgan fingerprint density at radius 1 is 1.39 bits per heavy atom. The Labute approximate surface area is 135 Å². The number of rotatable bonds is 5. The van der Waals surface area contributed by atoms with Gasteiger partial charge in [-0.05, 0) is 32.4 Å². The molecule has 0 radical (unpaired) electrons. The van der Waals surface area contributed by atoms with Crippen molar-refractivity contribution in [3.05, 3.63) is 29.6 Å². The van der Waals surface area contributed by atoms with Gasteiger partial charge in [-0.15, -0.1) is 0 Å². The molecule has 0 aliphatic carbocycles. The van der Waals surface area contributed by atoms with Crippen molar-refractivity contribution in [3.63, 3.8) is 0 Å². The number of nitrogens with zero attached hydrogens (tertiary/aromatic N) is 2. The Morgan fingerprint density at radius 3 is 2.65 bits per heavy atom. The van der Waals surface area contributed by atoms with Crippen LogP contribution in [0.15, 0.2) is 18.3 Å². The average molecular weight is 340 g/mol. The van der Waals surface area contributed by atoms with E-state index in [4.69, 9.17) is 4.74 Å². The van der Waals surface area contributed by atoms with E-state index in [2.05, 4.69) is 4.98 Å². The third kappa shape index (κ3) is 4.51. The predicted molar refractivity (Wildman–Crippen MR) is 83.7 cm³/mol. The first-order valence-corrected chi connectivity index (χ1v) is 9.24. The molecule has 126 valence electrons. The summed E-state index contributed by atoms with van der Waals surface area (Å²) in [5.41, 5.74) is 1.05. The first-order chi connectivity index (χ1) is 10.8. The monoisotopic (exact) mass is 340 g/mol. The lowest BCUT2D eigenvalue weighted by molar-refractivity contribution is -0.136. The zero-order valence-corrected chi connectivity index (χ0v) is 14.0. The van der Waals surface area contributed by atoms with Crippen molar-refractivity contribution in [1.82, 2.24) is 9.88 Å². The van der Waals surface area contributed by atoms with Crippen LogP contribution in [0.4, 0.5) is 0 Å². The zero-order valence-electron chi connectivity index (χ0n) is 13.2. The Morgan fingerprint density at radius 2 is 2.13 bits per heavy atom. The van der Waals surface area contributed by atoms with E-state index in [1.165, 1.54) is 11.1 Å². The highest BCUT2D eigenvalue weighted by Gasteiger charge is 2.34. The second-order valence-corrected chi connectivity index (χ2v) is 7.73. The van der Waals surface area contributed by atoms with Crippen LogP contribution in [-0.4, -0.2) is 60.9 Å². The third-order valence-corrected chi connectivity index (χ3v) is 5.53. The van der Waals surface area contributed by atoms with Gasteiger partial charge in [0.15, 0.2) is 16.4 Å². The second-order valence-electron chi connectivity index (χ2n) is 5.50. The number of carbonyl (C=O) groups is 2. The van der Waals surface area contributed by atoms with Gasteiger partial charge in [0.05, 0.1) is 17.1 Å². The lowest BCUT2D eigenvalue weighted by Gasteiger charge is -2.26. The van der Waals surface area contributed by atoms with Gasteiger partial charge in [0.2, 0.25) is 0 Å². The molecule has 1 atom stereocenters. The maximum absolute atomic E-state index is 12.2. The minimum Gasteiger partial charge on any atom is -0.452 e. The van der Waals surface area contributed by atoms with Gasteiger partial charge in [0, 0.05) is 24.5 Å². The number of likely N-dealkylation sites (N-methyl/N-ethyl adjacent to an activating group) is 1. The molecule has 1 fully saturated rings. The second kappa shape index (κ2) is 7.08. The average Bonchev–Trinajstić information content (AvgIpc) is 2.86. The van der Waals surface area contributed by atoms with Crippen LogP contribution in [0, 0.1) is 6.92 Å².